The second-order valence-corrected chi connectivity index (χ2v) is 7.44. The van der Waals surface area contributed by atoms with E-state index in [0.717, 1.165) is 18.4 Å². The summed E-state index contributed by atoms with van der Waals surface area (Å²) in [5, 5.41) is 8.74. The number of rotatable bonds is 2. The Morgan fingerprint density at radius 1 is 0.964 bits per heavy atom. The first kappa shape index (κ1) is 16.8. The van der Waals surface area contributed by atoms with Gasteiger partial charge < -0.3 is 4.90 Å². The van der Waals surface area contributed by atoms with E-state index in [2.05, 4.69) is 15.2 Å². The second-order valence-electron chi connectivity index (χ2n) is 7.44. The van der Waals surface area contributed by atoms with Crippen molar-refractivity contribution in [3.63, 3.8) is 0 Å². The monoisotopic (exact) mass is 373 g/mol. The van der Waals surface area contributed by atoms with Gasteiger partial charge in [-0.05, 0) is 25.0 Å². The van der Waals surface area contributed by atoms with E-state index < -0.39 is 0 Å². The maximum atomic E-state index is 13.0. The lowest BCUT2D eigenvalue weighted by Gasteiger charge is -2.23. The smallest absolute Gasteiger partial charge is 0.280 e. The number of benzene rings is 1. The van der Waals surface area contributed by atoms with Crippen molar-refractivity contribution >= 4 is 5.91 Å². The van der Waals surface area contributed by atoms with Gasteiger partial charge in [0.1, 0.15) is 5.82 Å². The van der Waals surface area contributed by atoms with Crippen molar-refractivity contribution < 1.29 is 4.79 Å². The molecule has 2 aromatic heterocycles. The highest BCUT2D eigenvalue weighted by atomic mass is 16.2. The van der Waals surface area contributed by atoms with Gasteiger partial charge in [-0.2, -0.15) is 0 Å². The number of carbonyl (C=O) groups excluding carboxylic acids is 1. The molecular weight excluding hydrogens is 354 g/mol. The molecule has 0 unspecified atom stereocenters. The average Bonchev–Trinajstić information content (AvgIpc) is 3.34. The molecule has 0 N–H and O–H groups in total. The SMILES string of the molecule is O=C(c1ccncc1)N1CC[C@]2(CCn3c2nnc(-c2ccccc2)c3=O)C1. The van der Waals surface area contributed by atoms with E-state index in [1.165, 1.54) is 0 Å². The summed E-state index contributed by atoms with van der Waals surface area (Å²) in [4.78, 5) is 31.6. The first-order valence-corrected chi connectivity index (χ1v) is 9.41. The Morgan fingerprint density at radius 2 is 1.71 bits per heavy atom. The van der Waals surface area contributed by atoms with Gasteiger partial charge in [0, 0.05) is 43.2 Å². The quantitative estimate of drug-likeness (QED) is 0.685. The van der Waals surface area contributed by atoms with Gasteiger partial charge in [0.2, 0.25) is 0 Å². The summed E-state index contributed by atoms with van der Waals surface area (Å²) in [5.74, 6) is 0.705. The Hall–Kier alpha value is -3.35. The van der Waals surface area contributed by atoms with Gasteiger partial charge >= 0.3 is 0 Å². The van der Waals surface area contributed by atoms with E-state index in [-0.39, 0.29) is 16.9 Å². The van der Waals surface area contributed by atoms with Crippen LogP contribution in [0.3, 0.4) is 0 Å². The van der Waals surface area contributed by atoms with Crippen LogP contribution in [0.1, 0.15) is 29.0 Å². The number of hydrogen-bond donors (Lipinski definition) is 0. The van der Waals surface area contributed by atoms with Gasteiger partial charge in [0.05, 0.1) is 5.41 Å². The number of fused-ring (bicyclic) bond motifs is 2. The maximum Gasteiger partial charge on any atom is 0.280 e. The number of aromatic nitrogens is 4. The molecule has 7 heteroatoms. The van der Waals surface area contributed by atoms with Crippen LogP contribution in [0.2, 0.25) is 0 Å². The number of pyridine rings is 1. The normalized spacial score (nSPS) is 20.5. The molecule has 1 spiro atoms. The van der Waals surface area contributed by atoms with E-state index in [1.807, 2.05) is 35.2 Å². The summed E-state index contributed by atoms with van der Waals surface area (Å²) >= 11 is 0. The van der Waals surface area contributed by atoms with E-state index in [4.69, 9.17) is 0 Å². The Labute approximate surface area is 161 Å². The van der Waals surface area contributed by atoms with Crippen molar-refractivity contribution in [2.75, 3.05) is 13.1 Å². The van der Waals surface area contributed by atoms with E-state index >= 15 is 0 Å². The average molecular weight is 373 g/mol. The van der Waals surface area contributed by atoms with Crippen molar-refractivity contribution in [1.29, 1.82) is 0 Å². The van der Waals surface area contributed by atoms with Gasteiger partial charge in [0.15, 0.2) is 5.69 Å². The molecule has 2 aliphatic rings. The third-order valence-electron chi connectivity index (χ3n) is 5.85. The molecule has 5 rings (SSSR count). The van der Waals surface area contributed by atoms with Crippen LogP contribution in [0, 0.1) is 0 Å². The largest absolute Gasteiger partial charge is 0.338 e. The minimum Gasteiger partial charge on any atom is -0.338 e. The second kappa shape index (κ2) is 6.37. The lowest BCUT2D eigenvalue weighted by Crippen LogP contribution is -2.35. The Balaban J connectivity index is 1.47. The zero-order chi connectivity index (χ0) is 19.1. The van der Waals surface area contributed by atoms with Crippen LogP contribution in [0.4, 0.5) is 0 Å². The molecule has 0 aliphatic carbocycles. The standard InChI is InChI=1S/C21H19N5O2/c27-18(16-6-10-22-11-7-16)25-12-8-21(14-25)9-13-26-19(28)17(23-24-20(21)26)15-4-2-1-3-5-15/h1-7,10-11H,8-9,12-14H2/t21-/m0/s1. The van der Waals surface area contributed by atoms with E-state index in [1.54, 1.807) is 29.1 Å². The van der Waals surface area contributed by atoms with E-state index in [0.29, 0.717) is 36.7 Å². The Bertz CT molecular complexity index is 1100. The first-order valence-electron chi connectivity index (χ1n) is 9.41. The molecule has 1 amide bonds. The highest BCUT2D eigenvalue weighted by Gasteiger charge is 2.48. The summed E-state index contributed by atoms with van der Waals surface area (Å²) in [6, 6.07) is 12.9. The third-order valence-corrected chi connectivity index (χ3v) is 5.85. The minimum atomic E-state index is -0.288. The fraction of sp³-hybridized carbons (Fsp3) is 0.286. The Morgan fingerprint density at radius 3 is 2.50 bits per heavy atom. The molecule has 1 atom stereocenters. The molecule has 2 aliphatic heterocycles. The summed E-state index contributed by atoms with van der Waals surface area (Å²) in [6.07, 6.45) is 4.85. The fourth-order valence-electron chi connectivity index (χ4n) is 4.34. The third kappa shape index (κ3) is 2.54. The predicted molar refractivity (Wildman–Crippen MR) is 103 cm³/mol. The number of nitrogens with zero attached hydrogens (tertiary/aromatic N) is 5. The molecule has 140 valence electrons. The molecular formula is C21H19N5O2. The van der Waals surface area contributed by atoms with Crippen molar-refractivity contribution in [1.82, 2.24) is 24.6 Å². The van der Waals surface area contributed by atoms with Crippen molar-refractivity contribution in [3.8, 4) is 11.3 Å². The van der Waals surface area contributed by atoms with Crippen LogP contribution in [0.5, 0.6) is 0 Å². The number of likely N-dealkylation sites (tertiary alicyclic amines) is 1. The van der Waals surface area contributed by atoms with Gasteiger partial charge in [0.25, 0.3) is 11.5 Å². The van der Waals surface area contributed by atoms with Crippen LogP contribution in [0.25, 0.3) is 11.3 Å². The van der Waals surface area contributed by atoms with Crippen LogP contribution in [-0.4, -0.2) is 43.6 Å². The molecule has 0 bridgehead atoms. The van der Waals surface area contributed by atoms with Gasteiger partial charge in [-0.25, -0.2) is 0 Å². The summed E-state index contributed by atoms with van der Waals surface area (Å²) < 4.78 is 1.75. The summed E-state index contributed by atoms with van der Waals surface area (Å²) in [7, 11) is 0. The zero-order valence-electron chi connectivity index (χ0n) is 15.3. The molecule has 7 nitrogen and oxygen atoms in total. The molecule has 4 heterocycles. The number of carbonyl (C=O) groups is 1. The molecule has 3 aromatic rings. The molecule has 28 heavy (non-hydrogen) atoms. The van der Waals surface area contributed by atoms with Gasteiger partial charge in [-0.1, -0.05) is 30.3 Å². The molecule has 1 fully saturated rings. The van der Waals surface area contributed by atoms with Crippen LogP contribution >= 0.6 is 0 Å². The van der Waals surface area contributed by atoms with Crippen molar-refractivity contribution in [2.45, 2.75) is 24.8 Å². The van der Waals surface area contributed by atoms with Crippen LogP contribution in [0.15, 0.2) is 59.7 Å². The van der Waals surface area contributed by atoms with Crippen molar-refractivity contribution in [2.24, 2.45) is 0 Å². The van der Waals surface area contributed by atoms with Crippen molar-refractivity contribution in [3.05, 3.63) is 76.6 Å². The van der Waals surface area contributed by atoms with E-state index in [9.17, 15) is 9.59 Å². The molecule has 1 aromatic carbocycles. The van der Waals surface area contributed by atoms with Gasteiger partial charge in [-0.15, -0.1) is 10.2 Å². The zero-order valence-corrected chi connectivity index (χ0v) is 15.3. The topological polar surface area (TPSA) is 81.0 Å². The highest BCUT2D eigenvalue weighted by molar-refractivity contribution is 5.94. The summed E-state index contributed by atoms with van der Waals surface area (Å²) in [5.41, 5.74) is 1.39. The number of amides is 1. The lowest BCUT2D eigenvalue weighted by molar-refractivity contribution is 0.0783. The molecule has 0 saturated carbocycles. The Kier molecular flexibility index (Phi) is 3.82. The highest BCUT2D eigenvalue weighted by Crippen LogP contribution is 2.41. The molecule has 1 saturated heterocycles. The van der Waals surface area contributed by atoms with Gasteiger partial charge in [-0.3, -0.25) is 19.1 Å². The summed E-state index contributed by atoms with van der Waals surface area (Å²) in [6.45, 7) is 1.82. The fourth-order valence-corrected chi connectivity index (χ4v) is 4.34. The van der Waals surface area contributed by atoms with Crippen LogP contribution in [-0.2, 0) is 12.0 Å². The number of hydrogen-bond acceptors (Lipinski definition) is 5. The lowest BCUT2D eigenvalue weighted by atomic mass is 9.85. The molecule has 0 radical (unpaired) electrons. The minimum absolute atomic E-state index is 0.00561. The first-order chi connectivity index (χ1) is 13.7. The maximum absolute atomic E-state index is 13.0. The van der Waals surface area contributed by atoms with Crippen LogP contribution < -0.4 is 5.56 Å². The predicted octanol–water partition coefficient (Wildman–Crippen LogP) is 1.89.